The minimum Gasteiger partial charge on any atom is -0.381 e. The summed E-state index contributed by atoms with van der Waals surface area (Å²) >= 11 is 0. The molecule has 0 radical (unpaired) electrons. The number of fused-ring (bicyclic) bond motifs is 1. The first-order valence-corrected chi connectivity index (χ1v) is 8.38. The van der Waals surface area contributed by atoms with E-state index in [2.05, 4.69) is 41.5 Å². The zero-order valence-electron chi connectivity index (χ0n) is 13.2. The number of para-hydroxylation sites is 1. The summed E-state index contributed by atoms with van der Waals surface area (Å²) in [4.78, 5) is 2.64. The first-order valence-electron chi connectivity index (χ1n) is 8.38. The fraction of sp³-hybridized carbons (Fsp3) is 0.667. The van der Waals surface area contributed by atoms with Crippen molar-refractivity contribution < 1.29 is 4.74 Å². The lowest BCUT2D eigenvalue weighted by Gasteiger charge is -2.42. The van der Waals surface area contributed by atoms with Gasteiger partial charge in [-0.15, -0.1) is 0 Å². The number of nitrogens with zero attached hydrogens (tertiary/aromatic N) is 1. The maximum absolute atomic E-state index is 5.61. The molecular formula is C18H28N2O. The van der Waals surface area contributed by atoms with E-state index >= 15 is 0 Å². The van der Waals surface area contributed by atoms with Gasteiger partial charge in [-0.05, 0) is 50.8 Å². The van der Waals surface area contributed by atoms with Crippen LogP contribution in [-0.4, -0.2) is 39.9 Å². The Bertz CT molecular complexity index is 449. The third kappa shape index (κ3) is 3.41. The van der Waals surface area contributed by atoms with Crippen LogP contribution in [-0.2, 0) is 11.2 Å². The first kappa shape index (κ1) is 14.9. The monoisotopic (exact) mass is 288 g/mol. The van der Waals surface area contributed by atoms with Gasteiger partial charge in [-0.25, -0.2) is 0 Å². The molecule has 2 aliphatic heterocycles. The molecule has 2 heterocycles. The average Bonchev–Trinajstić information content (AvgIpc) is 2.71. The minimum atomic E-state index is 0.366. The SMILES string of the molecule is CNCC1(CN2CCCCc3ccccc32)CCOCC1. The van der Waals surface area contributed by atoms with Gasteiger partial charge in [0.05, 0.1) is 0 Å². The number of aryl methyl sites for hydroxylation is 1. The summed E-state index contributed by atoms with van der Waals surface area (Å²) < 4.78 is 5.61. The lowest BCUT2D eigenvalue weighted by Crippen LogP contribution is -2.47. The van der Waals surface area contributed by atoms with Crippen molar-refractivity contribution in [1.82, 2.24) is 5.32 Å². The van der Waals surface area contributed by atoms with Crippen molar-refractivity contribution in [3.63, 3.8) is 0 Å². The van der Waals surface area contributed by atoms with E-state index in [9.17, 15) is 0 Å². The van der Waals surface area contributed by atoms with Crippen molar-refractivity contribution in [2.75, 3.05) is 44.8 Å². The normalized spacial score (nSPS) is 21.7. The highest BCUT2D eigenvalue weighted by Crippen LogP contribution is 2.35. The molecule has 1 aromatic rings. The molecule has 1 aromatic carbocycles. The van der Waals surface area contributed by atoms with E-state index in [1.165, 1.54) is 49.9 Å². The number of hydrogen-bond donors (Lipinski definition) is 1. The maximum atomic E-state index is 5.61. The van der Waals surface area contributed by atoms with E-state index in [0.717, 1.165) is 26.3 Å². The Morgan fingerprint density at radius 2 is 2.00 bits per heavy atom. The van der Waals surface area contributed by atoms with Gasteiger partial charge in [-0.1, -0.05) is 18.2 Å². The van der Waals surface area contributed by atoms with Gasteiger partial charge < -0.3 is 15.0 Å². The number of anilines is 1. The van der Waals surface area contributed by atoms with Crippen molar-refractivity contribution in [1.29, 1.82) is 0 Å². The van der Waals surface area contributed by atoms with Gasteiger partial charge in [-0.2, -0.15) is 0 Å². The molecule has 3 nitrogen and oxygen atoms in total. The number of rotatable bonds is 4. The highest BCUT2D eigenvalue weighted by atomic mass is 16.5. The second-order valence-electron chi connectivity index (χ2n) is 6.65. The van der Waals surface area contributed by atoms with E-state index in [-0.39, 0.29) is 0 Å². The summed E-state index contributed by atoms with van der Waals surface area (Å²) in [6.07, 6.45) is 6.20. The summed E-state index contributed by atoms with van der Waals surface area (Å²) in [6.45, 7) is 5.28. The summed E-state index contributed by atoms with van der Waals surface area (Å²) in [7, 11) is 2.08. The zero-order chi connectivity index (χ0) is 14.5. The Balaban J connectivity index is 1.81. The van der Waals surface area contributed by atoms with Crippen LogP contribution in [0.5, 0.6) is 0 Å². The maximum Gasteiger partial charge on any atom is 0.0472 e. The molecular weight excluding hydrogens is 260 g/mol. The van der Waals surface area contributed by atoms with Gasteiger partial charge in [0.2, 0.25) is 0 Å². The largest absolute Gasteiger partial charge is 0.381 e. The highest BCUT2D eigenvalue weighted by Gasteiger charge is 2.34. The summed E-state index contributed by atoms with van der Waals surface area (Å²) in [5.41, 5.74) is 3.36. The van der Waals surface area contributed by atoms with Gasteiger partial charge in [-0.3, -0.25) is 0 Å². The molecule has 116 valence electrons. The Morgan fingerprint density at radius 3 is 2.81 bits per heavy atom. The van der Waals surface area contributed by atoms with Crippen LogP contribution >= 0.6 is 0 Å². The predicted molar refractivity (Wildman–Crippen MR) is 88.0 cm³/mol. The lowest BCUT2D eigenvalue weighted by molar-refractivity contribution is 0.0192. The second-order valence-corrected chi connectivity index (χ2v) is 6.65. The van der Waals surface area contributed by atoms with Crippen molar-refractivity contribution >= 4 is 5.69 Å². The van der Waals surface area contributed by atoms with Gasteiger partial charge in [0.25, 0.3) is 0 Å². The zero-order valence-corrected chi connectivity index (χ0v) is 13.2. The van der Waals surface area contributed by atoms with Crippen LogP contribution in [0.25, 0.3) is 0 Å². The number of benzene rings is 1. The predicted octanol–water partition coefficient (Wildman–Crippen LogP) is 2.85. The van der Waals surface area contributed by atoms with Crippen molar-refractivity contribution in [3.05, 3.63) is 29.8 Å². The molecule has 1 saturated heterocycles. The lowest BCUT2D eigenvalue weighted by atomic mass is 9.79. The van der Waals surface area contributed by atoms with Gasteiger partial charge in [0, 0.05) is 44.0 Å². The topological polar surface area (TPSA) is 24.5 Å². The fourth-order valence-corrected chi connectivity index (χ4v) is 3.91. The molecule has 0 atom stereocenters. The third-order valence-corrected chi connectivity index (χ3v) is 5.09. The number of ether oxygens (including phenoxy) is 1. The van der Waals surface area contributed by atoms with Crippen molar-refractivity contribution in [3.8, 4) is 0 Å². The second kappa shape index (κ2) is 6.80. The molecule has 0 spiro atoms. The standard InChI is InChI=1S/C18H28N2O/c1-19-14-18(9-12-21-13-10-18)15-20-11-5-4-7-16-6-2-3-8-17(16)20/h2-3,6,8,19H,4-5,7,9-15H2,1H3. The highest BCUT2D eigenvalue weighted by molar-refractivity contribution is 5.54. The molecule has 3 rings (SSSR count). The van der Waals surface area contributed by atoms with E-state index in [1.54, 1.807) is 0 Å². The summed E-state index contributed by atoms with van der Waals surface area (Å²) in [6, 6.07) is 8.99. The van der Waals surface area contributed by atoms with Crippen molar-refractivity contribution in [2.45, 2.75) is 32.1 Å². The smallest absolute Gasteiger partial charge is 0.0472 e. The first-order chi connectivity index (χ1) is 10.3. The third-order valence-electron chi connectivity index (χ3n) is 5.09. The quantitative estimate of drug-likeness (QED) is 0.922. The molecule has 1 N–H and O–H groups in total. The van der Waals surface area contributed by atoms with Crippen LogP contribution < -0.4 is 10.2 Å². The Hall–Kier alpha value is -1.06. The molecule has 0 unspecified atom stereocenters. The van der Waals surface area contributed by atoms with E-state index in [0.29, 0.717) is 5.41 Å². The molecule has 0 saturated carbocycles. The number of hydrogen-bond acceptors (Lipinski definition) is 3. The van der Waals surface area contributed by atoms with Gasteiger partial charge in [0.1, 0.15) is 0 Å². The molecule has 0 aliphatic carbocycles. The van der Waals surface area contributed by atoms with Gasteiger partial charge in [0.15, 0.2) is 0 Å². The molecule has 1 fully saturated rings. The Kier molecular flexibility index (Phi) is 4.81. The number of nitrogens with one attached hydrogen (secondary N) is 1. The van der Waals surface area contributed by atoms with Crippen LogP contribution in [0.15, 0.2) is 24.3 Å². The Morgan fingerprint density at radius 1 is 1.19 bits per heavy atom. The summed E-state index contributed by atoms with van der Waals surface area (Å²) in [5, 5.41) is 3.43. The molecule has 0 bridgehead atoms. The molecule has 0 aromatic heterocycles. The minimum absolute atomic E-state index is 0.366. The van der Waals surface area contributed by atoms with Crippen LogP contribution in [0.2, 0.25) is 0 Å². The molecule has 0 amide bonds. The average molecular weight is 288 g/mol. The van der Waals surface area contributed by atoms with E-state index < -0.39 is 0 Å². The summed E-state index contributed by atoms with van der Waals surface area (Å²) in [5.74, 6) is 0. The molecule has 21 heavy (non-hydrogen) atoms. The van der Waals surface area contributed by atoms with Crippen LogP contribution in [0.3, 0.4) is 0 Å². The van der Waals surface area contributed by atoms with Crippen LogP contribution in [0.1, 0.15) is 31.2 Å². The van der Waals surface area contributed by atoms with Crippen LogP contribution in [0, 0.1) is 5.41 Å². The Labute approximate surface area is 128 Å². The van der Waals surface area contributed by atoms with E-state index in [4.69, 9.17) is 4.74 Å². The van der Waals surface area contributed by atoms with Gasteiger partial charge >= 0.3 is 0 Å². The molecule has 3 heteroatoms. The van der Waals surface area contributed by atoms with E-state index in [1.807, 2.05) is 0 Å². The van der Waals surface area contributed by atoms with Crippen molar-refractivity contribution in [2.24, 2.45) is 5.41 Å². The fourth-order valence-electron chi connectivity index (χ4n) is 3.91. The molecule has 2 aliphatic rings. The van der Waals surface area contributed by atoms with Crippen LogP contribution in [0.4, 0.5) is 5.69 Å².